The van der Waals surface area contributed by atoms with Crippen LogP contribution in [-0.4, -0.2) is 18.5 Å². The highest BCUT2D eigenvalue weighted by Crippen LogP contribution is 2.44. The van der Waals surface area contributed by atoms with E-state index in [0.717, 1.165) is 0 Å². The van der Waals surface area contributed by atoms with Gasteiger partial charge >= 0.3 is 12.4 Å². The molecule has 3 nitrogen and oxygen atoms in total. The Morgan fingerprint density at radius 2 is 1.55 bits per heavy atom. The summed E-state index contributed by atoms with van der Waals surface area (Å²) in [6, 6.07) is 0.0707. The number of ether oxygens (including phenoxy) is 2. The van der Waals surface area contributed by atoms with E-state index in [1.165, 1.54) is 6.92 Å². The van der Waals surface area contributed by atoms with Crippen LogP contribution < -0.4 is 4.74 Å². The molecule has 0 aliphatic carbocycles. The van der Waals surface area contributed by atoms with Gasteiger partial charge < -0.3 is 14.6 Å². The summed E-state index contributed by atoms with van der Waals surface area (Å²) in [7, 11) is 0. The van der Waals surface area contributed by atoms with Crippen molar-refractivity contribution in [3.63, 3.8) is 0 Å². The molecule has 1 aromatic rings. The van der Waals surface area contributed by atoms with Crippen molar-refractivity contribution in [3.8, 4) is 11.5 Å². The van der Waals surface area contributed by atoms with Crippen LogP contribution in [0.4, 0.5) is 26.3 Å². The van der Waals surface area contributed by atoms with Crippen LogP contribution in [0.3, 0.4) is 0 Å². The second-order valence-electron chi connectivity index (χ2n) is 3.62. The van der Waals surface area contributed by atoms with E-state index in [-0.39, 0.29) is 18.7 Å². The maximum atomic E-state index is 12.7. The maximum Gasteiger partial charge on any atom is 0.420 e. The summed E-state index contributed by atoms with van der Waals surface area (Å²) >= 11 is 0. The van der Waals surface area contributed by atoms with E-state index in [0.29, 0.717) is 0 Å². The van der Waals surface area contributed by atoms with Gasteiger partial charge in [-0.3, -0.25) is 0 Å². The summed E-state index contributed by atoms with van der Waals surface area (Å²) in [6.07, 6.45) is -9.97. The van der Waals surface area contributed by atoms with Gasteiger partial charge in [0.2, 0.25) is 0 Å². The molecule has 0 saturated carbocycles. The molecule has 0 unspecified atom stereocenters. The molecule has 0 amide bonds. The molecule has 0 bridgehead atoms. The van der Waals surface area contributed by atoms with Gasteiger partial charge in [-0.15, -0.1) is 0 Å². The molecule has 0 heterocycles. The molecule has 0 saturated heterocycles. The summed E-state index contributed by atoms with van der Waals surface area (Å²) in [6.45, 7) is 1.01. The number of aromatic hydroxyl groups is 1. The lowest BCUT2D eigenvalue weighted by atomic mass is 10.1. The average molecular weight is 304 g/mol. The van der Waals surface area contributed by atoms with Crippen LogP contribution in [0, 0.1) is 0 Å². The van der Waals surface area contributed by atoms with Crippen molar-refractivity contribution in [1.82, 2.24) is 0 Å². The molecule has 0 spiro atoms. The Bertz CT molecular complexity index is 466. The minimum atomic E-state index is -5.00. The maximum absolute atomic E-state index is 12.7. The van der Waals surface area contributed by atoms with Crippen LogP contribution in [-0.2, 0) is 17.1 Å². The quantitative estimate of drug-likeness (QED) is 0.522. The Morgan fingerprint density at radius 3 is 2.00 bits per heavy atom. The van der Waals surface area contributed by atoms with Crippen LogP contribution >= 0.6 is 0 Å². The first-order valence-corrected chi connectivity index (χ1v) is 5.29. The zero-order valence-electron chi connectivity index (χ0n) is 10.1. The number of alkyl halides is 6. The summed E-state index contributed by atoms with van der Waals surface area (Å²) in [5.41, 5.74) is -3.13. The first-order chi connectivity index (χ1) is 9.07. The molecule has 1 aromatic carbocycles. The Hall–Kier alpha value is -1.64. The van der Waals surface area contributed by atoms with Crippen molar-refractivity contribution in [3.05, 3.63) is 23.3 Å². The third-order valence-corrected chi connectivity index (χ3v) is 2.21. The van der Waals surface area contributed by atoms with Gasteiger partial charge in [-0.1, -0.05) is 0 Å². The van der Waals surface area contributed by atoms with Gasteiger partial charge in [0.1, 0.15) is 22.6 Å². The van der Waals surface area contributed by atoms with Crippen LogP contribution in [0.15, 0.2) is 12.1 Å². The number of rotatable bonds is 4. The third-order valence-electron chi connectivity index (χ3n) is 2.21. The fourth-order valence-electron chi connectivity index (χ4n) is 1.32. The molecule has 0 aliphatic heterocycles. The lowest BCUT2D eigenvalue weighted by Crippen LogP contribution is -2.13. The standard InChI is InChI=1S/C11H10F6O3/c1-2-19-5-20-9-4-6(10(12,13)14)8(18)3-7(9)11(15,16)17/h3-4,18H,2,5H2,1H3. The smallest absolute Gasteiger partial charge is 0.420 e. The van der Waals surface area contributed by atoms with E-state index < -0.39 is 41.8 Å². The van der Waals surface area contributed by atoms with Gasteiger partial charge in [-0.25, -0.2) is 0 Å². The van der Waals surface area contributed by atoms with Crippen molar-refractivity contribution in [2.24, 2.45) is 0 Å². The van der Waals surface area contributed by atoms with Crippen molar-refractivity contribution < 1.29 is 40.9 Å². The zero-order valence-corrected chi connectivity index (χ0v) is 10.1. The Morgan fingerprint density at radius 1 is 1.00 bits per heavy atom. The number of hydrogen-bond acceptors (Lipinski definition) is 3. The molecule has 9 heteroatoms. The highest BCUT2D eigenvalue weighted by Gasteiger charge is 2.40. The summed E-state index contributed by atoms with van der Waals surface area (Å²) in [5, 5.41) is 9.08. The minimum absolute atomic E-state index is 0.0237. The molecule has 0 atom stereocenters. The molecule has 1 N–H and O–H groups in total. The van der Waals surface area contributed by atoms with E-state index in [2.05, 4.69) is 9.47 Å². The normalized spacial score (nSPS) is 12.6. The predicted octanol–water partition coefficient (Wildman–Crippen LogP) is 3.80. The molecular weight excluding hydrogens is 294 g/mol. The molecule has 20 heavy (non-hydrogen) atoms. The molecular formula is C11H10F6O3. The van der Waals surface area contributed by atoms with E-state index in [1.807, 2.05) is 0 Å². The van der Waals surface area contributed by atoms with Gasteiger partial charge in [-0.05, 0) is 19.1 Å². The number of phenolic OH excluding ortho intramolecular Hbond substituents is 1. The largest absolute Gasteiger partial charge is 0.507 e. The van der Waals surface area contributed by atoms with Crippen molar-refractivity contribution in [2.75, 3.05) is 13.4 Å². The third kappa shape index (κ3) is 3.92. The topological polar surface area (TPSA) is 38.7 Å². The van der Waals surface area contributed by atoms with Gasteiger partial charge in [0.05, 0.1) is 0 Å². The van der Waals surface area contributed by atoms with E-state index >= 15 is 0 Å². The summed E-state index contributed by atoms with van der Waals surface area (Å²) in [4.78, 5) is 0. The van der Waals surface area contributed by atoms with Gasteiger partial charge in [0.15, 0.2) is 6.79 Å². The second kappa shape index (κ2) is 5.78. The zero-order chi connectivity index (χ0) is 15.6. The number of benzene rings is 1. The lowest BCUT2D eigenvalue weighted by molar-refractivity contribution is -0.144. The van der Waals surface area contributed by atoms with Crippen molar-refractivity contribution >= 4 is 0 Å². The molecule has 0 radical (unpaired) electrons. The second-order valence-corrected chi connectivity index (χ2v) is 3.62. The van der Waals surface area contributed by atoms with Gasteiger partial charge in [0, 0.05) is 6.61 Å². The minimum Gasteiger partial charge on any atom is -0.507 e. The van der Waals surface area contributed by atoms with E-state index in [4.69, 9.17) is 5.11 Å². The van der Waals surface area contributed by atoms with Crippen LogP contribution in [0.5, 0.6) is 11.5 Å². The summed E-state index contributed by atoms with van der Waals surface area (Å²) < 4.78 is 84.7. The van der Waals surface area contributed by atoms with Crippen LogP contribution in [0.2, 0.25) is 0 Å². The molecule has 0 aromatic heterocycles. The lowest BCUT2D eigenvalue weighted by Gasteiger charge is -2.17. The van der Waals surface area contributed by atoms with E-state index in [9.17, 15) is 26.3 Å². The number of hydrogen-bond donors (Lipinski definition) is 1. The Labute approximate surface area is 109 Å². The average Bonchev–Trinajstić information content (AvgIpc) is 2.28. The predicted molar refractivity (Wildman–Crippen MR) is 55.2 cm³/mol. The van der Waals surface area contributed by atoms with Crippen molar-refractivity contribution in [2.45, 2.75) is 19.3 Å². The fourth-order valence-corrected chi connectivity index (χ4v) is 1.32. The highest BCUT2D eigenvalue weighted by atomic mass is 19.4. The molecule has 1 rings (SSSR count). The van der Waals surface area contributed by atoms with Gasteiger partial charge in [-0.2, -0.15) is 26.3 Å². The Balaban J connectivity index is 3.27. The highest BCUT2D eigenvalue weighted by molar-refractivity contribution is 5.48. The van der Waals surface area contributed by atoms with Gasteiger partial charge in [0.25, 0.3) is 0 Å². The number of halogens is 6. The summed E-state index contributed by atoms with van der Waals surface area (Å²) in [5.74, 6) is -2.58. The first-order valence-electron chi connectivity index (χ1n) is 5.29. The van der Waals surface area contributed by atoms with Crippen molar-refractivity contribution in [1.29, 1.82) is 0 Å². The van der Waals surface area contributed by atoms with Crippen LogP contribution in [0.1, 0.15) is 18.1 Å². The van der Waals surface area contributed by atoms with Crippen LogP contribution in [0.25, 0.3) is 0 Å². The monoisotopic (exact) mass is 304 g/mol. The molecule has 0 fully saturated rings. The number of phenols is 1. The SMILES string of the molecule is CCOCOc1cc(C(F)(F)F)c(O)cc1C(F)(F)F. The fraction of sp³-hybridized carbons (Fsp3) is 0.455. The molecule has 114 valence electrons. The van der Waals surface area contributed by atoms with E-state index in [1.54, 1.807) is 0 Å². The Kier molecular flexibility index (Phi) is 4.74. The first kappa shape index (κ1) is 16.4. The molecule has 0 aliphatic rings.